The maximum Gasteiger partial charge on any atom is 0.0661 e. The summed E-state index contributed by atoms with van der Waals surface area (Å²) in [7, 11) is 1.91. The lowest BCUT2D eigenvalue weighted by Gasteiger charge is -1.84. The van der Waals surface area contributed by atoms with Crippen LogP contribution in [0.3, 0.4) is 0 Å². The van der Waals surface area contributed by atoms with Gasteiger partial charge in [-0.3, -0.25) is 4.68 Å². The standard InChI is InChI=1S/C7H10N2/c1-3-4-7-5-6-9(2)8-7/h3,5-6H,1,4H2,2H3. The molecule has 1 heterocycles. The lowest BCUT2D eigenvalue weighted by Crippen LogP contribution is -1.89. The average Bonchev–Trinajstić information content (AvgIpc) is 2.17. The molecule has 0 unspecified atom stereocenters. The first-order valence-electron chi connectivity index (χ1n) is 2.92. The van der Waals surface area contributed by atoms with Crippen LogP contribution in [0.2, 0.25) is 0 Å². The van der Waals surface area contributed by atoms with Gasteiger partial charge in [-0.1, -0.05) is 6.08 Å². The van der Waals surface area contributed by atoms with E-state index in [4.69, 9.17) is 0 Å². The predicted octanol–water partition coefficient (Wildman–Crippen LogP) is 1.15. The van der Waals surface area contributed by atoms with Gasteiger partial charge in [-0.2, -0.15) is 5.10 Å². The molecule has 0 saturated carbocycles. The SMILES string of the molecule is C=CCc1ccn(C)n1. The first kappa shape index (κ1) is 6.08. The zero-order chi connectivity index (χ0) is 6.69. The molecule has 0 bridgehead atoms. The van der Waals surface area contributed by atoms with Crippen LogP contribution in [-0.4, -0.2) is 9.78 Å². The maximum absolute atomic E-state index is 4.15. The Hall–Kier alpha value is -1.05. The fraction of sp³-hybridized carbons (Fsp3) is 0.286. The van der Waals surface area contributed by atoms with Gasteiger partial charge in [0, 0.05) is 19.7 Å². The van der Waals surface area contributed by atoms with Crippen molar-refractivity contribution in [3.8, 4) is 0 Å². The Bertz CT molecular complexity index is 200. The molecule has 0 aliphatic carbocycles. The number of aryl methyl sites for hydroxylation is 1. The van der Waals surface area contributed by atoms with Crippen LogP contribution in [0.15, 0.2) is 24.9 Å². The Balaban J connectivity index is 2.72. The van der Waals surface area contributed by atoms with Gasteiger partial charge in [-0.05, 0) is 6.07 Å². The van der Waals surface area contributed by atoms with Crippen LogP contribution in [0.1, 0.15) is 5.69 Å². The molecule has 0 fully saturated rings. The third kappa shape index (κ3) is 1.42. The maximum atomic E-state index is 4.15. The highest BCUT2D eigenvalue weighted by molar-refractivity contribution is 5.02. The molecule has 0 aliphatic rings. The molecule has 2 nitrogen and oxygen atoms in total. The van der Waals surface area contributed by atoms with Crippen molar-refractivity contribution in [1.29, 1.82) is 0 Å². The fourth-order valence-corrected chi connectivity index (χ4v) is 0.720. The topological polar surface area (TPSA) is 17.8 Å². The number of rotatable bonds is 2. The van der Waals surface area contributed by atoms with Gasteiger partial charge < -0.3 is 0 Å². The minimum atomic E-state index is 0.862. The summed E-state index contributed by atoms with van der Waals surface area (Å²) >= 11 is 0. The second-order valence-corrected chi connectivity index (χ2v) is 1.97. The van der Waals surface area contributed by atoms with E-state index in [1.54, 1.807) is 4.68 Å². The van der Waals surface area contributed by atoms with E-state index in [1.807, 2.05) is 25.4 Å². The van der Waals surface area contributed by atoms with Gasteiger partial charge in [0.05, 0.1) is 5.69 Å². The molecule has 2 heteroatoms. The number of hydrogen-bond donors (Lipinski definition) is 0. The van der Waals surface area contributed by atoms with Gasteiger partial charge in [0.1, 0.15) is 0 Å². The Labute approximate surface area is 54.8 Å². The molecular formula is C7H10N2. The molecule has 48 valence electrons. The van der Waals surface area contributed by atoms with E-state index in [1.165, 1.54) is 0 Å². The monoisotopic (exact) mass is 122 g/mol. The number of allylic oxidation sites excluding steroid dienone is 1. The molecule has 9 heavy (non-hydrogen) atoms. The second kappa shape index (κ2) is 2.49. The average molecular weight is 122 g/mol. The van der Waals surface area contributed by atoms with Crippen LogP contribution in [0.5, 0.6) is 0 Å². The Morgan fingerprint density at radius 2 is 2.67 bits per heavy atom. The first-order valence-corrected chi connectivity index (χ1v) is 2.92. The highest BCUT2D eigenvalue weighted by Crippen LogP contribution is 1.94. The molecule has 0 radical (unpaired) electrons. The van der Waals surface area contributed by atoms with Crippen molar-refractivity contribution in [3.05, 3.63) is 30.6 Å². The van der Waals surface area contributed by atoms with Crippen LogP contribution >= 0.6 is 0 Å². The van der Waals surface area contributed by atoms with Crippen LogP contribution in [0.25, 0.3) is 0 Å². The molecule has 0 aromatic carbocycles. The lowest BCUT2D eigenvalue weighted by molar-refractivity contribution is 0.751. The van der Waals surface area contributed by atoms with Crippen molar-refractivity contribution in [1.82, 2.24) is 9.78 Å². The molecule has 0 spiro atoms. The summed E-state index contributed by atoms with van der Waals surface area (Å²) in [5, 5.41) is 4.15. The summed E-state index contributed by atoms with van der Waals surface area (Å²) < 4.78 is 1.79. The van der Waals surface area contributed by atoms with E-state index in [2.05, 4.69) is 11.7 Å². The first-order chi connectivity index (χ1) is 4.33. The zero-order valence-electron chi connectivity index (χ0n) is 5.54. The normalized spacial score (nSPS) is 9.44. The number of hydrogen-bond acceptors (Lipinski definition) is 1. The Morgan fingerprint density at radius 3 is 3.11 bits per heavy atom. The summed E-state index contributed by atoms with van der Waals surface area (Å²) in [5.41, 5.74) is 1.08. The van der Waals surface area contributed by atoms with Crippen LogP contribution in [-0.2, 0) is 13.5 Å². The lowest BCUT2D eigenvalue weighted by atomic mass is 10.3. The molecule has 1 aromatic heterocycles. The van der Waals surface area contributed by atoms with Crippen molar-refractivity contribution >= 4 is 0 Å². The van der Waals surface area contributed by atoms with E-state index in [0.29, 0.717) is 0 Å². The predicted molar refractivity (Wildman–Crippen MR) is 37.1 cm³/mol. The van der Waals surface area contributed by atoms with E-state index in [-0.39, 0.29) is 0 Å². The quantitative estimate of drug-likeness (QED) is 0.538. The van der Waals surface area contributed by atoms with Crippen molar-refractivity contribution in [2.24, 2.45) is 7.05 Å². The van der Waals surface area contributed by atoms with Crippen LogP contribution in [0, 0.1) is 0 Å². The van der Waals surface area contributed by atoms with Gasteiger partial charge >= 0.3 is 0 Å². The van der Waals surface area contributed by atoms with Crippen molar-refractivity contribution in [3.63, 3.8) is 0 Å². The zero-order valence-corrected chi connectivity index (χ0v) is 5.54. The van der Waals surface area contributed by atoms with Crippen LogP contribution < -0.4 is 0 Å². The van der Waals surface area contributed by atoms with Crippen molar-refractivity contribution in [2.45, 2.75) is 6.42 Å². The van der Waals surface area contributed by atoms with E-state index in [0.717, 1.165) is 12.1 Å². The summed E-state index contributed by atoms with van der Waals surface area (Å²) in [6.07, 6.45) is 4.64. The fourth-order valence-electron chi connectivity index (χ4n) is 0.720. The molecule has 0 saturated heterocycles. The minimum absolute atomic E-state index is 0.862. The van der Waals surface area contributed by atoms with Gasteiger partial charge in [-0.25, -0.2) is 0 Å². The highest BCUT2D eigenvalue weighted by Gasteiger charge is 1.89. The Kier molecular flexibility index (Phi) is 1.68. The van der Waals surface area contributed by atoms with E-state index < -0.39 is 0 Å². The molecular weight excluding hydrogens is 112 g/mol. The van der Waals surface area contributed by atoms with Crippen LogP contribution in [0.4, 0.5) is 0 Å². The molecule has 0 atom stereocenters. The van der Waals surface area contributed by atoms with E-state index in [9.17, 15) is 0 Å². The highest BCUT2D eigenvalue weighted by atomic mass is 15.2. The van der Waals surface area contributed by atoms with E-state index >= 15 is 0 Å². The van der Waals surface area contributed by atoms with Gasteiger partial charge in [0.2, 0.25) is 0 Å². The largest absolute Gasteiger partial charge is 0.276 e. The number of nitrogens with zero attached hydrogens (tertiary/aromatic N) is 2. The summed E-state index contributed by atoms with van der Waals surface area (Å²) in [5.74, 6) is 0. The third-order valence-corrected chi connectivity index (χ3v) is 1.12. The summed E-state index contributed by atoms with van der Waals surface area (Å²) in [6, 6.07) is 1.99. The smallest absolute Gasteiger partial charge is 0.0661 e. The second-order valence-electron chi connectivity index (χ2n) is 1.97. The summed E-state index contributed by atoms with van der Waals surface area (Å²) in [6.45, 7) is 3.62. The summed E-state index contributed by atoms with van der Waals surface area (Å²) in [4.78, 5) is 0. The molecule has 1 aromatic rings. The number of aromatic nitrogens is 2. The van der Waals surface area contributed by atoms with Crippen molar-refractivity contribution in [2.75, 3.05) is 0 Å². The molecule has 0 amide bonds. The van der Waals surface area contributed by atoms with Gasteiger partial charge in [0.25, 0.3) is 0 Å². The molecule has 0 N–H and O–H groups in total. The third-order valence-electron chi connectivity index (χ3n) is 1.12. The molecule has 0 aliphatic heterocycles. The molecule has 1 rings (SSSR count). The Morgan fingerprint density at radius 1 is 1.89 bits per heavy atom. The minimum Gasteiger partial charge on any atom is -0.276 e. The van der Waals surface area contributed by atoms with Crippen molar-refractivity contribution < 1.29 is 0 Å². The van der Waals surface area contributed by atoms with Gasteiger partial charge in [0.15, 0.2) is 0 Å². The van der Waals surface area contributed by atoms with Gasteiger partial charge in [-0.15, -0.1) is 6.58 Å².